The molecule has 6 aromatic heterocycles. The summed E-state index contributed by atoms with van der Waals surface area (Å²) in [6, 6.07) is 6.17. The third-order valence-electron chi connectivity index (χ3n) is 5.43. The van der Waals surface area contributed by atoms with Gasteiger partial charge in [0.1, 0.15) is 11.2 Å². The SMILES string of the molecule is CN(C)c1cncc(-c2cc3c(-c4nc5c(-c6ccsc6)cncc5[nH]4)n[nH]c3cn2)c1. The van der Waals surface area contributed by atoms with Crippen molar-refractivity contribution in [3.8, 4) is 33.9 Å². The second kappa shape index (κ2) is 7.24. The Morgan fingerprint density at radius 3 is 2.69 bits per heavy atom. The van der Waals surface area contributed by atoms with Crippen LogP contribution >= 0.6 is 11.3 Å². The second-order valence-corrected chi connectivity index (χ2v) is 8.47. The Hall–Kier alpha value is -4.11. The van der Waals surface area contributed by atoms with Crippen LogP contribution in [-0.2, 0) is 0 Å². The van der Waals surface area contributed by atoms with E-state index in [4.69, 9.17) is 4.98 Å². The second-order valence-electron chi connectivity index (χ2n) is 7.69. The van der Waals surface area contributed by atoms with Crippen LogP contribution in [0.25, 0.3) is 55.8 Å². The number of nitrogens with one attached hydrogen (secondary N) is 2. The smallest absolute Gasteiger partial charge is 0.159 e. The van der Waals surface area contributed by atoms with Gasteiger partial charge in [-0.05, 0) is 34.5 Å². The standard InChI is InChI=1S/C23H18N8S/c1-31(2)15-5-14(7-24-8-15)18-6-16-19(11-26-18)29-30-22(16)23-27-20-10-25-9-17(21(20)28-23)13-3-4-32-12-13/h3-12H,1-2H3,(H,27,28)(H,29,30). The van der Waals surface area contributed by atoms with E-state index in [9.17, 15) is 0 Å². The molecule has 0 amide bonds. The molecule has 0 radical (unpaired) electrons. The Morgan fingerprint density at radius 2 is 1.84 bits per heavy atom. The molecule has 0 unspecified atom stereocenters. The Kier molecular flexibility index (Phi) is 4.22. The number of nitrogens with zero attached hydrogens (tertiary/aromatic N) is 6. The number of rotatable bonds is 4. The van der Waals surface area contributed by atoms with Gasteiger partial charge in [-0.1, -0.05) is 0 Å². The van der Waals surface area contributed by atoms with Gasteiger partial charge in [-0.2, -0.15) is 16.4 Å². The monoisotopic (exact) mass is 438 g/mol. The van der Waals surface area contributed by atoms with Gasteiger partial charge >= 0.3 is 0 Å². The van der Waals surface area contributed by atoms with Gasteiger partial charge in [-0.25, -0.2) is 4.98 Å². The van der Waals surface area contributed by atoms with E-state index in [2.05, 4.69) is 53.0 Å². The number of imidazole rings is 1. The molecule has 0 fully saturated rings. The fourth-order valence-corrected chi connectivity index (χ4v) is 4.40. The number of fused-ring (bicyclic) bond motifs is 2. The summed E-state index contributed by atoms with van der Waals surface area (Å²) in [5, 5.41) is 12.7. The van der Waals surface area contributed by atoms with E-state index in [1.165, 1.54) is 0 Å². The molecule has 0 saturated heterocycles. The Morgan fingerprint density at radius 1 is 0.938 bits per heavy atom. The molecule has 0 aliphatic carbocycles. The predicted molar refractivity (Wildman–Crippen MR) is 128 cm³/mol. The molecule has 6 heterocycles. The molecule has 0 aromatic carbocycles. The minimum atomic E-state index is 0.688. The van der Waals surface area contributed by atoms with Gasteiger partial charge in [0.2, 0.25) is 0 Å². The minimum Gasteiger partial charge on any atom is -0.376 e. The Bertz CT molecular complexity index is 1560. The van der Waals surface area contributed by atoms with Crippen molar-refractivity contribution in [2.45, 2.75) is 0 Å². The number of hydrogen-bond donors (Lipinski definition) is 2. The molecule has 0 aliphatic rings. The van der Waals surface area contributed by atoms with Crippen molar-refractivity contribution in [2.75, 3.05) is 19.0 Å². The van der Waals surface area contributed by atoms with E-state index in [1.54, 1.807) is 23.7 Å². The van der Waals surface area contributed by atoms with Crippen molar-refractivity contribution < 1.29 is 0 Å². The summed E-state index contributed by atoms with van der Waals surface area (Å²) in [4.78, 5) is 23.6. The first-order valence-electron chi connectivity index (χ1n) is 10.0. The molecule has 0 aliphatic heterocycles. The predicted octanol–water partition coefficient (Wildman–Crippen LogP) is 4.75. The van der Waals surface area contributed by atoms with E-state index in [0.29, 0.717) is 5.82 Å². The lowest BCUT2D eigenvalue weighted by atomic mass is 10.1. The number of pyridine rings is 3. The highest BCUT2D eigenvalue weighted by Gasteiger charge is 2.17. The van der Waals surface area contributed by atoms with Crippen LogP contribution < -0.4 is 4.90 Å². The summed E-state index contributed by atoms with van der Waals surface area (Å²) in [5.41, 5.74) is 8.23. The number of thiophene rings is 1. The van der Waals surface area contributed by atoms with E-state index in [0.717, 1.165) is 55.7 Å². The van der Waals surface area contributed by atoms with Crippen molar-refractivity contribution in [3.63, 3.8) is 0 Å². The van der Waals surface area contributed by atoms with Gasteiger partial charge in [0.25, 0.3) is 0 Å². The van der Waals surface area contributed by atoms with Crippen molar-refractivity contribution in [1.82, 2.24) is 35.1 Å². The lowest BCUT2D eigenvalue weighted by molar-refractivity contribution is 1.10. The summed E-state index contributed by atoms with van der Waals surface area (Å²) in [7, 11) is 3.98. The molecule has 6 aromatic rings. The zero-order valence-electron chi connectivity index (χ0n) is 17.4. The molecule has 9 heteroatoms. The van der Waals surface area contributed by atoms with Gasteiger partial charge in [-0.3, -0.25) is 20.1 Å². The molecule has 0 bridgehead atoms. The number of H-pyrrole nitrogens is 2. The summed E-state index contributed by atoms with van der Waals surface area (Å²) in [6.45, 7) is 0. The van der Waals surface area contributed by atoms with E-state index < -0.39 is 0 Å². The summed E-state index contributed by atoms with van der Waals surface area (Å²) < 4.78 is 0. The molecular weight excluding hydrogens is 420 g/mol. The first kappa shape index (κ1) is 18.6. The quantitative estimate of drug-likeness (QED) is 0.412. The fourth-order valence-electron chi connectivity index (χ4n) is 3.74. The molecule has 156 valence electrons. The first-order chi connectivity index (χ1) is 15.7. The Balaban J connectivity index is 1.49. The summed E-state index contributed by atoms with van der Waals surface area (Å²) in [5.74, 6) is 0.688. The van der Waals surface area contributed by atoms with Crippen LogP contribution in [0.5, 0.6) is 0 Å². The van der Waals surface area contributed by atoms with Crippen LogP contribution in [0, 0.1) is 0 Å². The van der Waals surface area contributed by atoms with Crippen LogP contribution in [0.2, 0.25) is 0 Å². The number of hydrogen-bond acceptors (Lipinski definition) is 7. The summed E-state index contributed by atoms with van der Waals surface area (Å²) in [6.07, 6.45) is 9.09. The largest absolute Gasteiger partial charge is 0.376 e. The summed E-state index contributed by atoms with van der Waals surface area (Å²) >= 11 is 1.65. The highest BCUT2D eigenvalue weighted by molar-refractivity contribution is 7.08. The third-order valence-corrected chi connectivity index (χ3v) is 6.12. The van der Waals surface area contributed by atoms with Crippen LogP contribution in [0.1, 0.15) is 0 Å². The number of anilines is 1. The molecule has 32 heavy (non-hydrogen) atoms. The molecule has 6 rings (SSSR count). The van der Waals surface area contributed by atoms with Crippen molar-refractivity contribution >= 4 is 39.0 Å². The Labute approximate surface area is 187 Å². The maximum Gasteiger partial charge on any atom is 0.159 e. The minimum absolute atomic E-state index is 0.688. The molecule has 0 spiro atoms. The zero-order chi connectivity index (χ0) is 21.7. The van der Waals surface area contributed by atoms with Gasteiger partial charge in [0.15, 0.2) is 5.82 Å². The maximum atomic E-state index is 4.89. The highest BCUT2D eigenvalue weighted by Crippen LogP contribution is 2.32. The topological polar surface area (TPSA) is 99.3 Å². The zero-order valence-corrected chi connectivity index (χ0v) is 18.2. The van der Waals surface area contributed by atoms with Crippen LogP contribution in [0.3, 0.4) is 0 Å². The van der Waals surface area contributed by atoms with E-state index in [1.807, 2.05) is 43.7 Å². The van der Waals surface area contributed by atoms with Crippen molar-refractivity contribution in [3.05, 3.63) is 59.9 Å². The normalized spacial score (nSPS) is 11.4. The molecule has 0 atom stereocenters. The lowest BCUT2D eigenvalue weighted by Crippen LogP contribution is -2.08. The van der Waals surface area contributed by atoms with E-state index >= 15 is 0 Å². The third kappa shape index (κ3) is 3.02. The van der Waals surface area contributed by atoms with Gasteiger partial charge < -0.3 is 9.88 Å². The number of aromatic amines is 2. The average molecular weight is 439 g/mol. The van der Waals surface area contributed by atoms with Gasteiger partial charge in [0.05, 0.1) is 41.0 Å². The van der Waals surface area contributed by atoms with Crippen LogP contribution in [0.15, 0.2) is 59.9 Å². The molecule has 8 nitrogen and oxygen atoms in total. The van der Waals surface area contributed by atoms with Gasteiger partial charge in [0, 0.05) is 43.0 Å². The first-order valence-corrected chi connectivity index (χ1v) is 11.0. The highest BCUT2D eigenvalue weighted by atomic mass is 32.1. The molecule has 0 saturated carbocycles. The maximum absolute atomic E-state index is 4.89. The van der Waals surface area contributed by atoms with Gasteiger partial charge in [-0.15, -0.1) is 0 Å². The average Bonchev–Trinajstić information content (AvgIpc) is 3.57. The van der Waals surface area contributed by atoms with E-state index in [-0.39, 0.29) is 0 Å². The molecular formula is C23H18N8S. The lowest BCUT2D eigenvalue weighted by Gasteiger charge is -2.12. The van der Waals surface area contributed by atoms with Crippen LogP contribution in [0.4, 0.5) is 5.69 Å². The number of aromatic nitrogens is 7. The van der Waals surface area contributed by atoms with Crippen molar-refractivity contribution in [2.24, 2.45) is 0 Å². The fraction of sp³-hybridized carbons (Fsp3) is 0.0870. The molecule has 2 N–H and O–H groups in total. The van der Waals surface area contributed by atoms with Crippen molar-refractivity contribution in [1.29, 1.82) is 0 Å². The van der Waals surface area contributed by atoms with Crippen LogP contribution in [-0.4, -0.2) is 49.2 Å².